The van der Waals surface area contributed by atoms with Crippen molar-refractivity contribution in [1.82, 2.24) is 10.6 Å². The van der Waals surface area contributed by atoms with Crippen molar-refractivity contribution in [2.24, 2.45) is 5.41 Å². The number of methoxy groups -OCH3 is 1. The first-order valence-electron chi connectivity index (χ1n) is 7.43. The molecule has 1 aliphatic rings. The van der Waals surface area contributed by atoms with E-state index in [1.54, 1.807) is 13.2 Å². The van der Waals surface area contributed by atoms with E-state index in [0.717, 1.165) is 18.0 Å². The number of anilines is 1. The predicted molar refractivity (Wildman–Crippen MR) is 84.8 cm³/mol. The van der Waals surface area contributed by atoms with Crippen molar-refractivity contribution in [2.45, 2.75) is 32.7 Å². The van der Waals surface area contributed by atoms with Crippen LogP contribution < -0.4 is 20.7 Å². The Balaban J connectivity index is 1.84. The number of carbonyl (C=O) groups is 1. The van der Waals surface area contributed by atoms with E-state index in [-0.39, 0.29) is 11.4 Å². The normalized spacial score (nSPS) is 20.6. The van der Waals surface area contributed by atoms with E-state index < -0.39 is 0 Å². The Kier molecular flexibility index (Phi) is 5.07. The molecule has 1 atom stereocenters. The molecule has 1 unspecified atom stereocenters. The SMILES string of the molecule is COc1cccc(NC(=O)NCC2NCCCC2(C)C)c1. The van der Waals surface area contributed by atoms with Gasteiger partial charge in [0.1, 0.15) is 5.75 Å². The van der Waals surface area contributed by atoms with Gasteiger partial charge in [0.15, 0.2) is 0 Å². The highest BCUT2D eigenvalue weighted by Gasteiger charge is 2.31. The van der Waals surface area contributed by atoms with Crippen molar-refractivity contribution in [3.63, 3.8) is 0 Å². The van der Waals surface area contributed by atoms with Crippen LogP contribution in [0.15, 0.2) is 24.3 Å². The quantitative estimate of drug-likeness (QED) is 0.799. The summed E-state index contributed by atoms with van der Waals surface area (Å²) in [6.45, 7) is 6.13. The van der Waals surface area contributed by atoms with E-state index in [4.69, 9.17) is 4.74 Å². The lowest BCUT2D eigenvalue weighted by Crippen LogP contribution is -2.53. The van der Waals surface area contributed by atoms with Gasteiger partial charge >= 0.3 is 6.03 Å². The number of amides is 2. The molecule has 1 aromatic carbocycles. The minimum atomic E-state index is -0.188. The third-order valence-electron chi connectivity index (χ3n) is 4.13. The lowest BCUT2D eigenvalue weighted by Gasteiger charge is -2.39. The maximum Gasteiger partial charge on any atom is 0.319 e. The molecule has 5 heteroatoms. The van der Waals surface area contributed by atoms with Crippen LogP contribution >= 0.6 is 0 Å². The fourth-order valence-electron chi connectivity index (χ4n) is 2.69. The molecule has 0 radical (unpaired) electrons. The smallest absolute Gasteiger partial charge is 0.319 e. The van der Waals surface area contributed by atoms with E-state index >= 15 is 0 Å². The lowest BCUT2D eigenvalue weighted by atomic mass is 9.77. The molecular weight excluding hydrogens is 266 g/mol. The monoisotopic (exact) mass is 291 g/mol. The summed E-state index contributed by atoms with van der Waals surface area (Å²) in [6, 6.07) is 7.44. The third kappa shape index (κ3) is 4.36. The molecule has 1 fully saturated rings. The number of piperidine rings is 1. The van der Waals surface area contributed by atoms with Gasteiger partial charge in [-0.3, -0.25) is 0 Å². The Bertz CT molecular complexity index is 488. The first-order chi connectivity index (χ1) is 10.0. The summed E-state index contributed by atoms with van der Waals surface area (Å²) in [5.74, 6) is 0.725. The van der Waals surface area contributed by atoms with Gasteiger partial charge in [-0.05, 0) is 36.9 Å². The number of hydrogen-bond acceptors (Lipinski definition) is 3. The van der Waals surface area contributed by atoms with Gasteiger partial charge in [0.2, 0.25) is 0 Å². The number of nitrogens with one attached hydrogen (secondary N) is 3. The van der Waals surface area contributed by atoms with Gasteiger partial charge in [-0.15, -0.1) is 0 Å². The van der Waals surface area contributed by atoms with Crippen molar-refractivity contribution in [1.29, 1.82) is 0 Å². The highest BCUT2D eigenvalue weighted by molar-refractivity contribution is 5.89. The first-order valence-corrected chi connectivity index (χ1v) is 7.43. The van der Waals surface area contributed by atoms with Crippen molar-refractivity contribution >= 4 is 11.7 Å². The predicted octanol–water partition coefficient (Wildman–Crippen LogP) is 2.59. The molecule has 2 rings (SSSR count). The van der Waals surface area contributed by atoms with Gasteiger partial charge < -0.3 is 20.7 Å². The molecule has 1 aromatic rings. The van der Waals surface area contributed by atoms with Gasteiger partial charge in [-0.25, -0.2) is 4.79 Å². The van der Waals surface area contributed by atoms with Crippen LogP contribution in [0.25, 0.3) is 0 Å². The van der Waals surface area contributed by atoms with Crippen molar-refractivity contribution in [3.05, 3.63) is 24.3 Å². The zero-order valence-electron chi connectivity index (χ0n) is 13.0. The standard InChI is InChI=1S/C16H25N3O2/c1-16(2)8-5-9-17-14(16)11-18-15(20)19-12-6-4-7-13(10-12)21-3/h4,6-7,10,14,17H,5,8-9,11H2,1-3H3,(H2,18,19,20). The summed E-state index contributed by atoms with van der Waals surface area (Å²) in [5, 5.41) is 9.25. The minimum Gasteiger partial charge on any atom is -0.497 e. The van der Waals surface area contributed by atoms with Gasteiger partial charge in [-0.2, -0.15) is 0 Å². The fourth-order valence-corrected chi connectivity index (χ4v) is 2.69. The summed E-state index contributed by atoms with van der Waals surface area (Å²) >= 11 is 0. The molecule has 116 valence electrons. The summed E-state index contributed by atoms with van der Waals surface area (Å²) < 4.78 is 5.14. The summed E-state index contributed by atoms with van der Waals surface area (Å²) in [4.78, 5) is 12.0. The summed E-state index contributed by atoms with van der Waals surface area (Å²) in [7, 11) is 1.61. The zero-order valence-corrected chi connectivity index (χ0v) is 13.0. The largest absolute Gasteiger partial charge is 0.497 e. The van der Waals surface area contributed by atoms with Gasteiger partial charge in [-0.1, -0.05) is 19.9 Å². The minimum absolute atomic E-state index is 0.188. The molecular formula is C16H25N3O2. The van der Waals surface area contributed by atoms with Crippen LogP contribution in [0.1, 0.15) is 26.7 Å². The average molecular weight is 291 g/mol. The molecule has 1 saturated heterocycles. The molecule has 3 N–H and O–H groups in total. The molecule has 5 nitrogen and oxygen atoms in total. The third-order valence-corrected chi connectivity index (χ3v) is 4.13. The number of urea groups is 1. The Hall–Kier alpha value is -1.75. The molecule has 2 amide bonds. The number of rotatable bonds is 4. The van der Waals surface area contributed by atoms with E-state index in [1.165, 1.54) is 12.8 Å². The van der Waals surface area contributed by atoms with Crippen LogP contribution in [0.3, 0.4) is 0 Å². The number of ether oxygens (including phenoxy) is 1. The topological polar surface area (TPSA) is 62.4 Å². The Labute approximate surface area is 126 Å². The fraction of sp³-hybridized carbons (Fsp3) is 0.562. The highest BCUT2D eigenvalue weighted by Crippen LogP contribution is 2.29. The van der Waals surface area contributed by atoms with E-state index in [9.17, 15) is 4.79 Å². The average Bonchev–Trinajstić information content (AvgIpc) is 2.46. The zero-order chi connectivity index (χ0) is 15.3. The molecule has 1 aliphatic heterocycles. The van der Waals surface area contributed by atoms with Gasteiger partial charge in [0.25, 0.3) is 0 Å². The van der Waals surface area contributed by atoms with Gasteiger partial charge in [0, 0.05) is 24.3 Å². The molecule has 1 heterocycles. The Morgan fingerprint density at radius 1 is 1.48 bits per heavy atom. The van der Waals surface area contributed by atoms with Crippen molar-refractivity contribution in [2.75, 3.05) is 25.5 Å². The van der Waals surface area contributed by atoms with Crippen LogP contribution in [-0.4, -0.2) is 32.3 Å². The molecule has 0 aliphatic carbocycles. The number of hydrogen-bond donors (Lipinski definition) is 3. The maximum atomic E-state index is 12.0. The van der Waals surface area contributed by atoms with E-state index in [1.807, 2.05) is 18.2 Å². The Morgan fingerprint density at radius 2 is 2.29 bits per heavy atom. The van der Waals surface area contributed by atoms with Crippen LogP contribution in [0.2, 0.25) is 0 Å². The van der Waals surface area contributed by atoms with Gasteiger partial charge in [0.05, 0.1) is 7.11 Å². The molecule has 0 spiro atoms. The van der Waals surface area contributed by atoms with E-state index in [2.05, 4.69) is 29.8 Å². The lowest BCUT2D eigenvalue weighted by molar-refractivity contribution is 0.177. The molecule has 0 aromatic heterocycles. The molecule has 21 heavy (non-hydrogen) atoms. The number of benzene rings is 1. The second kappa shape index (κ2) is 6.80. The van der Waals surface area contributed by atoms with Crippen molar-refractivity contribution in [3.8, 4) is 5.75 Å². The summed E-state index contributed by atoms with van der Waals surface area (Å²) in [6.07, 6.45) is 2.38. The van der Waals surface area contributed by atoms with Crippen LogP contribution in [-0.2, 0) is 0 Å². The van der Waals surface area contributed by atoms with Crippen LogP contribution in [0.4, 0.5) is 10.5 Å². The number of carbonyl (C=O) groups excluding carboxylic acids is 1. The van der Waals surface area contributed by atoms with E-state index in [0.29, 0.717) is 12.6 Å². The van der Waals surface area contributed by atoms with Crippen LogP contribution in [0, 0.1) is 5.41 Å². The molecule has 0 saturated carbocycles. The highest BCUT2D eigenvalue weighted by atomic mass is 16.5. The first kappa shape index (κ1) is 15.6. The van der Waals surface area contributed by atoms with Crippen molar-refractivity contribution < 1.29 is 9.53 Å². The second-order valence-corrected chi connectivity index (χ2v) is 6.17. The summed E-state index contributed by atoms with van der Waals surface area (Å²) in [5.41, 5.74) is 0.935. The molecule has 0 bridgehead atoms. The second-order valence-electron chi connectivity index (χ2n) is 6.17. The Morgan fingerprint density at radius 3 is 3.00 bits per heavy atom. The van der Waals surface area contributed by atoms with Crippen LogP contribution in [0.5, 0.6) is 5.75 Å². The maximum absolute atomic E-state index is 12.0.